The molecule has 0 unspecified atom stereocenters. The van der Waals surface area contributed by atoms with Crippen molar-refractivity contribution in [1.29, 1.82) is 5.26 Å². The molecule has 0 aromatic heterocycles. The zero-order chi connectivity index (χ0) is 11.2. The van der Waals surface area contributed by atoms with Gasteiger partial charge in [0.2, 0.25) is 0 Å². The Morgan fingerprint density at radius 3 is 2.73 bits per heavy atom. The first kappa shape index (κ1) is 10.7. The van der Waals surface area contributed by atoms with Gasteiger partial charge in [-0.2, -0.15) is 5.26 Å². The average Bonchev–Trinajstić information content (AvgIpc) is 2.40. The van der Waals surface area contributed by atoms with Crippen LogP contribution in [-0.2, 0) is 5.41 Å². The fourth-order valence-electron chi connectivity index (χ4n) is 2.14. The van der Waals surface area contributed by atoms with E-state index in [4.69, 9.17) is 5.26 Å². The van der Waals surface area contributed by atoms with Crippen LogP contribution in [0.4, 0.5) is 0 Å². The van der Waals surface area contributed by atoms with Gasteiger partial charge in [0.15, 0.2) is 0 Å². The van der Waals surface area contributed by atoms with Gasteiger partial charge in [0, 0.05) is 5.41 Å². The minimum atomic E-state index is -0.484. The molecule has 1 N–H and O–H groups in total. The second kappa shape index (κ2) is 3.33. The third-order valence-electron chi connectivity index (χ3n) is 3.16. The Labute approximate surface area is 97.7 Å². The molecular weight excluding hydrogens is 254 g/mol. The molecule has 1 aromatic rings. The van der Waals surface area contributed by atoms with E-state index in [1.54, 1.807) is 6.07 Å². The topological polar surface area (TPSA) is 44.0 Å². The van der Waals surface area contributed by atoms with Crippen LogP contribution in [0.25, 0.3) is 0 Å². The fourth-order valence-corrected chi connectivity index (χ4v) is 2.67. The van der Waals surface area contributed by atoms with Crippen LogP contribution in [-0.4, -0.2) is 9.93 Å². The summed E-state index contributed by atoms with van der Waals surface area (Å²) < 4.78 is 0. The maximum absolute atomic E-state index is 10.0. The molecule has 0 fully saturated rings. The van der Waals surface area contributed by atoms with Crippen molar-refractivity contribution in [3.63, 3.8) is 0 Å². The summed E-state index contributed by atoms with van der Waals surface area (Å²) in [5.41, 5.74) is 2.51. The van der Waals surface area contributed by atoms with Crippen LogP contribution in [0, 0.1) is 11.3 Å². The molecule has 0 saturated carbocycles. The van der Waals surface area contributed by atoms with Gasteiger partial charge in [-0.15, -0.1) is 0 Å². The number of nitrogens with zero attached hydrogens (tertiary/aromatic N) is 1. The Bertz CT molecular complexity index is 447. The summed E-state index contributed by atoms with van der Waals surface area (Å²) >= 11 is 3.52. The van der Waals surface area contributed by atoms with E-state index in [0.717, 1.165) is 11.1 Å². The Balaban J connectivity index is 2.63. The summed E-state index contributed by atoms with van der Waals surface area (Å²) in [7, 11) is 0. The van der Waals surface area contributed by atoms with Crippen LogP contribution in [0.3, 0.4) is 0 Å². The number of hydrogen-bond acceptors (Lipinski definition) is 2. The normalized spacial score (nSPS) is 27.1. The quantitative estimate of drug-likeness (QED) is 0.733. The molecule has 0 bridgehead atoms. The zero-order valence-electron chi connectivity index (χ0n) is 8.66. The van der Waals surface area contributed by atoms with E-state index < -0.39 is 6.10 Å². The van der Waals surface area contributed by atoms with Gasteiger partial charge in [-0.05, 0) is 23.3 Å². The van der Waals surface area contributed by atoms with Crippen LogP contribution in [0.2, 0.25) is 0 Å². The van der Waals surface area contributed by atoms with Gasteiger partial charge >= 0.3 is 0 Å². The lowest BCUT2D eigenvalue weighted by Gasteiger charge is -2.24. The number of rotatable bonds is 0. The standard InChI is InChI=1S/C12H12BrNO/c1-12(2)9-5-7(6-14)3-4-8(9)10(15)11(12)13/h3-5,10-11,15H,1-2H3/t10-,11+/m0/s1. The zero-order valence-corrected chi connectivity index (χ0v) is 10.2. The number of halogens is 1. The number of nitriles is 1. The third kappa shape index (κ3) is 1.40. The molecule has 78 valence electrons. The SMILES string of the molecule is CC1(C)c2cc(C#N)ccc2[C@H](O)[C@H]1Br. The van der Waals surface area contributed by atoms with E-state index >= 15 is 0 Å². The van der Waals surface area contributed by atoms with Gasteiger partial charge in [-0.3, -0.25) is 0 Å². The summed E-state index contributed by atoms with van der Waals surface area (Å²) in [5, 5.41) is 18.9. The van der Waals surface area contributed by atoms with Crippen molar-refractivity contribution in [2.45, 2.75) is 30.2 Å². The monoisotopic (exact) mass is 265 g/mol. The summed E-state index contributed by atoms with van der Waals surface area (Å²) in [6, 6.07) is 7.60. The molecule has 15 heavy (non-hydrogen) atoms. The van der Waals surface area contributed by atoms with Crippen LogP contribution in [0.15, 0.2) is 18.2 Å². The number of fused-ring (bicyclic) bond motifs is 1. The first-order chi connectivity index (χ1) is 6.98. The molecule has 2 atom stereocenters. The van der Waals surface area contributed by atoms with Crippen molar-refractivity contribution in [3.05, 3.63) is 34.9 Å². The maximum Gasteiger partial charge on any atom is 0.0991 e. The summed E-state index contributed by atoms with van der Waals surface area (Å²) in [4.78, 5) is 0.00828. The second-order valence-electron chi connectivity index (χ2n) is 4.48. The highest BCUT2D eigenvalue weighted by Crippen LogP contribution is 2.48. The van der Waals surface area contributed by atoms with Crippen molar-refractivity contribution in [2.75, 3.05) is 0 Å². The molecule has 0 saturated heterocycles. The van der Waals surface area contributed by atoms with E-state index in [-0.39, 0.29) is 10.2 Å². The van der Waals surface area contributed by atoms with Crippen LogP contribution in [0.1, 0.15) is 36.6 Å². The van der Waals surface area contributed by atoms with Crippen molar-refractivity contribution in [2.24, 2.45) is 0 Å². The number of benzene rings is 1. The molecular formula is C12H12BrNO. The molecule has 0 heterocycles. The van der Waals surface area contributed by atoms with Gasteiger partial charge in [0.05, 0.1) is 22.6 Å². The van der Waals surface area contributed by atoms with E-state index in [1.165, 1.54) is 0 Å². The fraction of sp³-hybridized carbons (Fsp3) is 0.417. The van der Waals surface area contributed by atoms with Crippen molar-refractivity contribution in [3.8, 4) is 6.07 Å². The molecule has 1 aromatic carbocycles. The van der Waals surface area contributed by atoms with Gasteiger partial charge in [0.25, 0.3) is 0 Å². The van der Waals surface area contributed by atoms with E-state index in [0.29, 0.717) is 5.56 Å². The lowest BCUT2D eigenvalue weighted by molar-refractivity contribution is 0.171. The highest BCUT2D eigenvalue weighted by Gasteiger charge is 2.44. The summed E-state index contributed by atoms with van der Waals surface area (Å²) in [6.45, 7) is 4.14. The average molecular weight is 266 g/mol. The van der Waals surface area contributed by atoms with Crippen molar-refractivity contribution >= 4 is 15.9 Å². The van der Waals surface area contributed by atoms with E-state index in [9.17, 15) is 5.11 Å². The number of aliphatic hydroxyl groups excluding tert-OH is 1. The Morgan fingerprint density at radius 2 is 2.13 bits per heavy atom. The third-order valence-corrected chi connectivity index (χ3v) is 4.81. The first-order valence-corrected chi connectivity index (χ1v) is 5.76. The Kier molecular flexibility index (Phi) is 2.37. The minimum absolute atomic E-state index is 0.00828. The largest absolute Gasteiger partial charge is 0.387 e. The van der Waals surface area contributed by atoms with Crippen molar-refractivity contribution < 1.29 is 5.11 Å². The number of alkyl halides is 1. The lowest BCUT2D eigenvalue weighted by atomic mass is 9.86. The number of aliphatic hydroxyl groups is 1. The summed E-state index contributed by atoms with van der Waals surface area (Å²) in [5.74, 6) is 0. The predicted octanol–water partition coefficient (Wildman–Crippen LogP) is 2.65. The smallest absolute Gasteiger partial charge is 0.0991 e. The predicted molar refractivity (Wildman–Crippen MR) is 61.9 cm³/mol. The number of hydrogen-bond donors (Lipinski definition) is 1. The highest BCUT2D eigenvalue weighted by molar-refractivity contribution is 9.09. The van der Waals surface area contributed by atoms with Crippen LogP contribution in [0.5, 0.6) is 0 Å². The molecule has 2 nitrogen and oxygen atoms in total. The maximum atomic E-state index is 10.0. The van der Waals surface area contributed by atoms with Gasteiger partial charge < -0.3 is 5.11 Å². The van der Waals surface area contributed by atoms with Gasteiger partial charge in [0.1, 0.15) is 0 Å². The first-order valence-electron chi connectivity index (χ1n) is 4.85. The Morgan fingerprint density at radius 1 is 1.47 bits per heavy atom. The molecule has 0 amide bonds. The molecule has 3 heteroatoms. The van der Waals surface area contributed by atoms with Crippen molar-refractivity contribution in [1.82, 2.24) is 0 Å². The van der Waals surface area contributed by atoms with E-state index in [1.807, 2.05) is 12.1 Å². The second-order valence-corrected chi connectivity index (χ2v) is 5.47. The lowest BCUT2D eigenvalue weighted by Crippen LogP contribution is -2.25. The van der Waals surface area contributed by atoms with Crippen LogP contribution < -0.4 is 0 Å². The molecule has 0 spiro atoms. The minimum Gasteiger partial charge on any atom is -0.387 e. The van der Waals surface area contributed by atoms with E-state index in [2.05, 4.69) is 35.8 Å². The molecule has 0 aliphatic heterocycles. The molecule has 0 radical (unpaired) electrons. The highest BCUT2D eigenvalue weighted by atomic mass is 79.9. The Hall–Kier alpha value is -0.850. The molecule has 1 aliphatic carbocycles. The van der Waals surface area contributed by atoms with Crippen LogP contribution >= 0.6 is 15.9 Å². The summed E-state index contributed by atoms with van der Waals surface area (Å²) in [6.07, 6.45) is -0.484. The van der Waals surface area contributed by atoms with Gasteiger partial charge in [-0.25, -0.2) is 0 Å². The van der Waals surface area contributed by atoms with Gasteiger partial charge in [-0.1, -0.05) is 35.8 Å². The molecule has 1 aliphatic rings. The molecule has 2 rings (SSSR count).